The number of ether oxygens (including phenoxy) is 1. The van der Waals surface area contributed by atoms with Crippen LogP contribution in [0.1, 0.15) is 26.3 Å². The summed E-state index contributed by atoms with van der Waals surface area (Å²) >= 11 is 0. The molecule has 1 aromatic carbocycles. The van der Waals surface area contributed by atoms with E-state index in [0.29, 0.717) is 11.3 Å². The SMILES string of the molecule is CN(C(=O)OC(C)(C)C)c1cccc(CC(=O)O)c1. The second kappa shape index (κ2) is 5.73. The molecular formula is C14H19NO4. The maximum absolute atomic E-state index is 11.9. The molecule has 0 heterocycles. The third kappa shape index (κ3) is 4.99. The lowest BCUT2D eigenvalue weighted by Gasteiger charge is -2.24. The van der Waals surface area contributed by atoms with Crippen molar-refractivity contribution in [2.75, 3.05) is 11.9 Å². The molecule has 0 saturated heterocycles. The Morgan fingerprint density at radius 3 is 2.47 bits per heavy atom. The van der Waals surface area contributed by atoms with Crippen molar-refractivity contribution in [3.8, 4) is 0 Å². The Labute approximate surface area is 112 Å². The van der Waals surface area contributed by atoms with Crippen molar-refractivity contribution in [2.24, 2.45) is 0 Å². The van der Waals surface area contributed by atoms with Gasteiger partial charge in [0.2, 0.25) is 0 Å². The van der Waals surface area contributed by atoms with Crippen LogP contribution >= 0.6 is 0 Å². The third-order valence-electron chi connectivity index (χ3n) is 2.32. The lowest BCUT2D eigenvalue weighted by molar-refractivity contribution is -0.136. The summed E-state index contributed by atoms with van der Waals surface area (Å²) in [6.07, 6.45) is -0.546. The first-order valence-corrected chi connectivity index (χ1v) is 5.96. The first kappa shape index (κ1) is 15.0. The minimum atomic E-state index is -0.905. The van der Waals surface area contributed by atoms with E-state index in [1.807, 2.05) is 0 Å². The highest BCUT2D eigenvalue weighted by molar-refractivity contribution is 5.87. The molecule has 1 amide bonds. The standard InChI is InChI=1S/C14H19NO4/c1-14(2,3)19-13(18)15(4)11-7-5-6-10(8-11)9-12(16)17/h5-8H,9H2,1-4H3,(H,16,17). The Morgan fingerprint density at radius 2 is 1.95 bits per heavy atom. The second-order valence-electron chi connectivity index (χ2n) is 5.28. The molecule has 0 atom stereocenters. The molecule has 19 heavy (non-hydrogen) atoms. The molecule has 0 unspecified atom stereocenters. The zero-order valence-corrected chi connectivity index (χ0v) is 11.6. The van der Waals surface area contributed by atoms with E-state index < -0.39 is 17.7 Å². The number of carbonyl (C=O) groups excluding carboxylic acids is 1. The smallest absolute Gasteiger partial charge is 0.414 e. The number of carboxylic acid groups (broad SMARTS) is 1. The van der Waals surface area contributed by atoms with Gasteiger partial charge in [0.05, 0.1) is 6.42 Å². The second-order valence-corrected chi connectivity index (χ2v) is 5.28. The summed E-state index contributed by atoms with van der Waals surface area (Å²) in [6, 6.07) is 6.82. The minimum absolute atomic E-state index is 0.0734. The first-order valence-electron chi connectivity index (χ1n) is 5.96. The molecule has 5 nitrogen and oxygen atoms in total. The van der Waals surface area contributed by atoms with Gasteiger partial charge in [-0.15, -0.1) is 0 Å². The molecule has 0 saturated carbocycles. The number of aliphatic carboxylic acids is 1. The van der Waals surface area contributed by atoms with Gasteiger partial charge in [0.25, 0.3) is 0 Å². The normalized spacial score (nSPS) is 10.9. The monoisotopic (exact) mass is 265 g/mol. The van der Waals surface area contributed by atoms with Crippen LogP contribution in [0.25, 0.3) is 0 Å². The maximum Gasteiger partial charge on any atom is 0.414 e. The van der Waals surface area contributed by atoms with Gasteiger partial charge in [-0.1, -0.05) is 12.1 Å². The summed E-state index contributed by atoms with van der Waals surface area (Å²) in [5.74, 6) is -0.905. The number of hydrogen-bond acceptors (Lipinski definition) is 3. The number of benzene rings is 1. The maximum atomic E-state index is 11.9. The van der Waals surface area contributed by atoms with Crippen LogP contribution in [-0.4, -0.2) is 29.8 Å². The van der Waals surface area contributed by atoms with Gasteiger partial charge in [-0.2, -0.15) is 0 Å². The molecule has 1 N–H and O–H groups in total. The number of nitrogens with zero attached hydrogens (tertiary/aromatic N) is 1. The minimum Gasteiger partial charge on any atom is -0.481 e. The molecule has 104 valence electrons. The van der Waals surface area contributed by atoms with Crippen molar-refractivity contribution in [1.82, 2.24) is 0 Å². The summed E-state index contributed by atoms with van der Waals surface area (Å²) in [5.41, 5.74) is 0.678. The van der Waals surface area contributed by atoms with Crippen LogP contribution in [0.4, 0.5) is 10.5 Å². The third-order valence-corrected chi connectivity index (χ3v) is 2.32. The van der Waals surface area contributed by atoms with E-state index in [1.165, 1.54) is 4.90 Å². The topological polar surface area (TPSA) is 66.8 Å². The summed E-state index contributed by atoms with van der Waals surface area (Å²) in [6.45, 7) is 5.37. The van der Waals surface area contributed by atoms with Gasteiger partial charge < -0.3 is 9.84 Å². The Balaban J connectivity index is 2.84. The zero-order chi connectivity index (χ0) is 14.6. The Kier molecular flexibility index (Phi) is 4.53. The van der Waals surface area contributed by atoms with Crippen LogP contribution < -0.4 is 4.90 Å². The molecule has 5 heteroatoms. The van der Waals surface area contributed by atoms with Crippen LogP contribution in [0.5, 0.6) is 0 Å². The molecule has 1 aromatic rings. The fraction of sp³-hybridized carbons (Fsp3) is 0.429. The predicted molar refractivity (Wildman–Crippen MR) is 72.4 cm³/mol. The fourth-order valence-electron chi connectivity index (χ4n) is 1.49. The number of hydrogen-bond donors (Lipinski definition) is 1. The van der Waals surface area contributed by atoms with Crippen LogP contribution in [0.3, 0.4) is 0 Å². The highest BCUT2D eigenvalue weighted by atomic mass is 16.6. The van der Waals surface area contributed by atoms with Crippen molar-refractivity contribution < 1.29 is 19.4 Å². The summed E-state index contributed by atoms with van der Waals surface area (Å²) in [7, 11) is 1.59. The molecular weight excluding hydrogens is 246 g/mol. The first-order chi connectivity index (χ1) is 8.69. The summed E-state index contributed by atoms with van der Waals surface area (Å²) in [5, 5.41) is 8.75. The average Bonchev–Trinajstić information content (AvgIpc) is 2.25. The van der Waals surface area contributed by atoms with Crippen molar-refractivity contribution in [1.29, 1.82) is 0 Å². The molecule has 0 aliphatic rings. The Bertz CT molecular complexity index is 477. The van der Waals surface area contributed by atoms with E-state index in [2.05, 4.69) is 0 Å². The van der Waals surface area contributed by atoms with Crippen molar-refractivity contribution in [3.63, 3.8) is 0 Å². The van der Waals surface area contributed by atoms with E-state index in [9.17, 15) is 9.59 Å². The van der Waals surface area contributed by atoms with Gasteiger partial charge in [-0.25, -0.2) is 4.79 Å². The van der Waals surface area contributed by atoms with Crippen molar-refractivity contribution >= 4 is 17.7 Å². The van der Waals surface area contributed by atoms with Gasteiger partial charge in [-0.05, 0) is 38.5 Å². The number of carboxylic acids is 1. The number of carbonyl (C=O) groups is 2. The van der Waals surface area contributed by atoms with Gasteiger partial charge >= 0.3 is 12.1 Å². The van der Waals surface area contributed by atoms with Crippen LogP contribution in [0.15, 0.2) is 24.3 Å². The number of anilines is 1. The Morgan fingerprint density at radius 1 is 1.32 bits per heavy atom. The average molecular weight is 265 g/mol. The lowest BCUT2D eigenvalue weighted by atomic mass is 10.1. The quantitative estimate of drug-likeness (QED) is 0.912. The number of amides is 1. The predicted octanol–water partition coefficient (Wildman–Crippen LogP) is 2.69. The zero-order valence-electron chi connectivity index (χ0n) is 11.6. The molecule has 0 radical (unpaired) electrons. The van der Waals surface area contributed by atoms with Gasteiger partial charge in [0, 0.05) is 12.7 Å². The van der Waals surface area contributed by atoms with Gasteiger partial charge in [0.15, 0.2) is 0 Å². The van der Waals surface area contributed by atoms with E-state index in [4.69, 9.17) is 9.84 Å². The molecule has 0 spiro atoms. The van der Waals surface area contributed by atoms with E-state index in [0.717, 1.165) is 0 Å². The van der Waals surface area contributed by atoms with E-state index in [1.54, 1.807) is 52.1 Å². The van der Waals surface area contributed by atoms with E-state index >= 15 is 0 Å². The number of rotatable bonds is 3. The largest absolute Gasteiger partial charge is 0.481 e. The summed E-state index contributed by atoms with van der Waals surface area (Å²) in [4.78, 5) is 23.9. The molecule has 0 aromatic heterocycles. The van der Waals surface area contributed by atoms with E-state index in [-0.39, 0.29) is 6.42 Å². The highest BCUT2D eigenvalue weighted by Crippen LogP contribution is 2.18. The molecule has 0 aliphatic carbocycles. The highest BCUT2D eigenvalue weighted by Gasteiger charge is 2.20. The van der Waals surface area contributed by atoms with Crippen LogP contribution in [0.2, 0.25) is 0 Å². The fourth-order valence-corrected chi connectivity index (χ4v) is 1.49. The van der Waals surface area contributed by atoms with Crippen LogP contribution in [0, 0.1) is 0 Å². The molecule has 0 aliphatic heterocycles. The van der Waals surface area contributed by atoms with Crippen molar-refractivity contribution in [2.45, 2.75) is 32.8 Å². The van der Waals surface area contributed by atoms with Crippen LogP contribution in [-0.2, 0) is 16.0 Å². The lowest BCUT2D eigenvalue weighted by Crippen LogP contribution is -2.34. The molecule has 0 bridgehead atoms. The summed E-state index contributed by atoms with van der Waals surface area (Å²) < 4.78 is 5.25. The van der Waals surface area contributed by atoms with Gasteiger partial charge in [-0.3, -0.25) is 9.69 Å². The molecule has 1 rings (SSSR count). The molecule has 0 fully saturated rings. The van der Waals surface area contributed by atoms with Crippen molar-refractivity contribution in [3.05, 3.63) is 29.8 Å². The Hall–Kier alpha value is -2.04. The van der Waals surface area contributed by atoms with Gasteiger partial charge in [0.1, 0.15) is 5.60 Å².